The van der Waals surface area contributed by atoms with Gasteiger partial charge in [0.25, 0.3) is 0 Å². The average Bonchev–Trinajstić information content (AvgIpc) is 2.67. The minimum absolute atomic E-state index is 0.0214. The van der Waals surface area contributed by atoms with Crippen molar-refractivity contribution in [2.45, 2.75) is 38.5 Å². The van der Waals surface area contributed by atoms with Gasteiger partial charge in [0.15, 0.2) is 0 Å². The standard InChI is InChI=1S/C24H27ClO/c25-24(26)23(19-11-3-9-17-21-13-5-1-6-14-21)20-12-4-10-18-22-15-7-2-8-16-22/h1-2,5-10,13-18,23H,3-4,11-12,19-20H2/b17-9+,18-10+. The molecule has 0 aliphatic heterocycles. The second kappa shape index (κ2) is 12.3. The topological polar surface area (TPSA) is 17.1 Å². The summed E-state index contributed by atoms with van der Waals surface area (Å²) in [5.41, 5.74) is 2.42. The molecule has 0 spiro atoms. The summed E-state index contributed by atoms with van der Waals surface area (Å²) in [4.78, 5) is 11.6. The van der Waals surface area contributed by atoms with Crippen molar-refractivity contribution in [3.63, 3.8) is 0 Å². The second-order valence-corrected chi connectivity index (χ2v) is 6.86. The van der Waals surface area contributed by atoms with E-state index < -0.39 is 0 Å². The number of allylic oxidation sites excluding steroid dienone is 2. The summed E-state index contributed by atoms with van der Waals surface area (Å²) in [5, 5.41) is -0.191. The highest BCUT2D eigenvalue weighted by molar-refractivity contribution is 6.63. The van der Waals surface area contributed by atoms with Crippen LogP contribution in [0.2, 0.25) is 0 Å². The van der Waals surface area contributed by atoms with Crippen LogP contribution in [0.3, 0.4) is 0 Å². The lowest BCUT2D eigenvalue weighted by Gasteiger charge is -2.10. The maximum atomic E-state index is 11.6. The van der Waals surface area contributed by atoms with Gasteiger partial charge >= 0.3 is 0 Å². The highest BCUT2D eigenvalue weighted by atomic mass is 35.5. The zero-order chi connectivity index (χ0) is 18.5. The highest BCUT2D eigenvalue weighted by Crippen LogP contribution is 2.20. The smallest absolute Gasteiger partial charge is 0.224 e. The first-order valence-electron chi connectivity index (χ1n) is 9.38. The summed E-state index contributed by atoms with van der Waals surface area (Å²) in [6, 6.07) is 20.5. The fraction of sp³-hybridized carbons (Fsp3) is 0.292. The maximum absolute atomic E-state index is 11.6. The van der Waals surface area contributed by atoms with Gasteiger partial charge in [-0.2, -0.15) is 0 Å². The lowest BCUT2D eigenvalue weighted by molar-refractivity contribution is -0.115. The number of rotatable bonds is 11. The van der Waals surface area contributed by atoms with E-state index in [9.17, 15) is 4.79 Å². The van der Waals surface area contributed by atoms with E-state index in [0.717, 1.165) is 38.5 Å². The van der Waals surface area contributed by atoms with E-state index in [0.29, 0.717) is 0 Å². The summed E-state index contributed by atoms with van der Waals surface area (Å²) < 4.78 is 0. The zero-order valence-corrected chi connectivity index (χ0v) is 15.9. The quantitative estimate of drug-likeness (QED) is 0.305. The number of halogens is 1. The number of unbranched alkanes of at least 4 members (excludes halogenated alkanes) is 2. The van der Waals surface area contributed by atoms with Crippen molar-refractivity contribution in [3.8, 4) is 0 Å². The van der Waals surface area contributed by atoms with Crippen molar-refractivity contribution in [3.05, 3.63) is 83.9 Å². The summed E-state index contributed by atoms with van der Waals surface area (Å²) in [7, 11) is 0. The molecular weight excluding hydrogens is 340 g/mol. The molecule has 1 nitrogen and oxygen atoms in total. The van der Waals surface area contributed by atoms with Crippen LogP contribution in [0.15, 0.2) is 72.8 Å². The molecule has 0 saturated carbocycles. The fourth-order valence-electron chi connectivity index (χ4n) is 2.90. The highest BCUT2D eigenvalue weighted by Gasteiger charge is 2.14. The van der Waals surface area contributed by atoms with Crippen molar-refractivity contribution >= 4 is 29.0 Å². The third kappa shape index (κ3) is 8.31. The van der Waals surface area contributed by atoms with Gasteiger partial charge in [-0.15, -0.1) is 0 Å². The third-order valence-electron chi connectivity index (χ3n) is 4.39. The van der Waals surface area contributed by atoms with Crippen LogP contribution in [0, 0.1) is 5.92 Å². The Kier molecular flexibility index (Phi) is 9.53. The SMILES string of the molecule is O=C(Cl)C(CCC/C=C/c1ccccc1)CCC/C=C/c1ccccc1. The molecule has 2 aromatic carbocycles. The Morgan fingerprint density at radius 3 is 1.58 bits per heavy atom. The molecule has 0 aliphatic carbocycles. The van der Waals surface area contributed by atoms with Crippen molar-refractivity contribution < 1.29 is 4.79 Å². The van der Waals surface area contributed by atoms with E-state index in [1.165, 1.54) is 11.1 Å². The van der Waals surface area contributed by atoms with Gasteiger partial charge in [-0.05, 0) is 61.3 Å². The molecule has 0 aromatic heterocycles. The Labute approximate surface area is 162 Å². The van der Waals surface area contributed by atoms with Crippen molar-refractivity contribution in [2.75, 3.05) is 0 Å². The molecule has 0 atom stereocenters. The number of hydrogen-bond donors (Lipinski definition) is 0. The van der Waals surface area contributed by atoms with Crippen LogP contribution in [0.1, 0.15) is 49.7 Å². The molecule has 26 heavy (non-hydrogen) atoms. The molecule has 0 radical (unpaired) electrons. The van der Waals surface area contributed by atoms with Crippen LogP contribution in [-0.4, -0.2) is 5.24 Å². The van der Waals surface area contributed by atoms with Crippen molar-refractivity contribution in [1.82, 2.24) is 0 Å². The van der Waals surface area contributed by atoms with Crippen molar-refractivity contribution in [1.29, 1.82) is 0 Å². The van der Waals surface area contributed by atoms with Gasteiger partial charge in [0.2, 0.25) is 5.24 Å². The van der Waals surface area contributed by atoms with Crippen LogP contribution in [0.4, 0.5) is 0 Å². The molecule has 0 unspecified atom stereocenters. The molecule has 2 aromatic rings. The molecule has 0 heterocycles. The first kappa shape index (κ1) is 20.2. The average molecular weight is 367 g/mol. The van der Waals surface area contributed by atoms with Crippen LogP contribution < -0.4 is 0 Å². The van der Waals surface area contributed by atoms with Crippen LogP contribution >= 0.6 is 11.6 Å². The lowest BCUT2D eigenvalue weighted by atomic mass is 9.96. The number of carbonyl (C=O) groups is 1. The van der Waals surface area contributed by atoms with E-state index in [1.807, 2.05) is 36.4 Å². The van der Waals surface area contributed by atoms with Gasteiger partial charge in [-0.1, -0.05) is 85.0 Å². The summed E-state index contributed by atoms with van der Waals surface area (Å²) in [6.07, 6.45) is 14.3. The first-order chi connectivity index (χ1) is 12.8. The molecule has 0 aliphatic rings. The maximum Gasteiger partial charge on any atom is 0.224 e. The first-order valence-corrected chi connectivity index (χ1v) is 9.76. The third-order valence-corrected chi connectivity index (χ3v) is 4.70. The summed E-state index contributed by atoms with van der Waals surface area (Å²) in [6.45, 7) is 0. The molecule has 2 heteroatoms. The van der Waals surface area contributed by atoms with Crippen LogP contribution in [-0.2, 0) is 4.79 Å². The molecule has 0 fully saturated rings. The molecule has 0 amide bonds. The number of carbonyl (C=O) groups excluding carboxylic acids is 1. The Bertz CT molecular complexity index is 633. The van der Waals surface area contributed by atoms with Gasteiger partial charge in [0.1, 0.15) is 0 Å². The summed E-state index contributed by atoms with van der Waals surface area (Å²) >= 11 is 5.79. The van der Waals surface area contributed by atoms with Gasteiger partial charge in [0.05, 0.1) is 0 Å². The Morgan fingerprint density at radius 2 is 1.19 bits per heavy atom. The zero-order valence-electron chi connectivity index (χ0n) is 15.2. The number of benzene rings is 2. The van der Waals surface area contributed by atoms with E-state index in [2.05, 4.69) is 48.6 Å². The molecule has 0 N–H and O–H groups in total. The Hall–Kier alpha value is -2.12. The van der Waals surface area contributed by atoms with Gasteiger partial charge < -0.3 is 0 Å². The van der Waals surface area contributed by atoms with E-state index in [1.54, 1.807) is 0 Å². The normalized spacial score (nSPS) is 11.6. The predicted octanol–water partition coefficient (Wildman–Crippen LogP) is 7.14. The molecule has 2 rings (SSSR count). The minimum Gasteiger partial charge on any atom is -0.281 e. The molecule has 136 valence electrons. The van der Waals surface area contributed by atoms with Crippen LogP contribution in [0.25, 0.3) is 12.2 Å². The van der Waals surface area contributed by atoms with E-state index in [4.69, 9.17) is 11.6 Å². The monoisotopic (exact) mass is 366 g/mol. The molecule has 0 saturated heterocycles. The largest absolute Gasteiger partial charge is 0.281 e. The van der Waals surface area contributed by atoms with Gasteiger partial charge in [0, 0.05) is 5.92 Å². The minimum atomic E-state index is -0.191. The summed E-state index contributed by atoms with van der Waals surface area (Å²) in [5.74, 6) is -0.0214. The van der Waals surface area contributed by atoms with E-state index in [-0.39, 0.29) is 11.2 Å². The second-order valence-electron chi connectivity index (χ2n) is 6.49. The molecule has 0 bridgehead atoms. The van der Waals surface area contributed by atoms with Crippen LogP contribution in [0.5, 0.6) is 0 Å². The van der Waals surface area contributed by atoms with Gasteiger partial charge in [-0.3, -0.25) is 4.79 Å². The Morgan fingerprint density at radius 1 is 0.769 bits per heavy atom. The van der Waals surface area contributed by atoms with E-state index >= 15 is 0 Å². The number of hydrogen-bond acceptors (Lipinski definition) is 1. The van der Waals surface area contributed by atoms with Gasteiger partial charge in [-0.25, -0.2) is 0 Å². The Balaban J connectivity index is 1.64. The van der Waals surface area contributed by atoms with Crippen molar-refractivity contribution in [2.24, 2.45) is 5.92 Å². The molecular formula is C24H27ClO. The fourth-order valence-corrected chi connectivity index (χ4v) is 3.12. The lowest BCUT2D eigenvalue weighted by Crippen LogP contribution is -2.08. The predicted molar refractivity (Wildman–Crippen MR) is 113 cm³/mol.